The van der Waals surface area contributed by atoms with Crippen molar-refractivity contribution in [3.8, 4) is 0 Å². The van der Waals surface area contributed by atoms with Crippen LogP contribution in [0.3, 0.4) is 0 Å². The third-order valence-electron chi connectivity index (χ3n) is 6.46. The molecule has 4 heterocycles. The number of aromatic nitrogens is 3. The molecule has 0 unspecified atom stereocenters. The Kier molecular flexibility index (Phi) is 5.43. The lowest BCUT2D eigenvalue weighted by molar-refractivity contribution is 0.101. The highest BCUT2D eigenvalue weighted by Crippen LogP contribution is 2.29. The third kappa shape index (κ3) is 3.81. The van der Waals surface area contributed by atoms with E-state index < -0.39 is 0 Å². The minimum Gasteiger partial charge on any atom is -0.346 e. The summed E-state index contributed by atoms with van der Waals surface area (Å²) in [4.78, 5) is 17.8. The summed E-state index contributed by atoms with van der Waals surface area (Å²) in [6, 6.07) is 10.6. The molecule has 0 radical (unpaired) electrons. The predicted molar refractivity (Wildman–Crippen MR) is 121 cm³/mol. The van der Waals surface area contributed by atoms with Crippen LogP contribution in [0.5, 0.6) is 0 Å². The second kappa shape index (κ2) is 8.35. The van der Waals surface area contributed by atoms with E-state index in [1.54, 1.807) is 0 Å². The smallest absolute Gasteiger partial charge is 0.274 e. The predicted octanol–water partition coefficient (Wildman–Crippen LogP) is 3.74. The largest absolute Gasteiger partial charge is 0.346 e. The zero-order chi connectivity index (χ0) is 20.5. The van der Waals surface area contributed by atoms with Crippen LogP contribution in [-0.4, -0.2) is 57.8 Å². The first-order valence-electron chi connectivity index (χ1n) is 10.9. The molecular weight excluding hydrogens is 396 g/mol. The van der Waals surface area contributed by atoms with Crippen LogP contribution in [-0.2, 0) is 7.05 Å². The number of nitrogens with one attached hydrogen (secondary N) is 1. The molecule has 1 amide bonds. The van der Waals surface area contributed by atoms with Gasteiger partial charge >= 0.3 is 0 Å². The van der Waals surface area contributed by atoms with Gasteiger partial charge in [-0.15, -0.1) is 10.2 Å². The van der Waals surface area contributed by atoms with E-state index in [0.29, 0.717) is 16.9 Å². The van der Waals surface area contributed by atoms with Crippen molar-refractivity contribution in [3.05, 3.63) is 36.0 Å². The molecule has 2 aromatic heterocycles. The molecule has 0 saturated carbocycles. The zero-order valence-corrected chi connectivity index (χ0v) is 18.2. The number of rotatable bonds is 4. The van der Waals surface area contributed by atoms with Crippen molar-refractivity contribution in [2.75, 3.05) is 36.4 Å². The number of likely N-dealkylation sites (tertiary alicyclic amines) is 1. The average Bonchev–Trinajstić information content (AvgIpc) is 3.39. The quantitative estimate of drug-likeness (QED) is 0.691. The molecule has 5 rings (SSSR count). The Hall–Kier alpha value is -2.45. The van der Waals surface area contributed by atoms with Crippen molar-refractivity contribution in [2.24, 2.45) is 7.05 Å². The number of benzene rings is 1. The fourth-order valence-electron chi connectivity index (χ4n) is 4.77. The summed E-state index contributed by atoms with van der Waals surface area (Å²) >= 11 is 1.46. The second-order valence-corrected chi connectivity index (χ2v) is 9.26. The lowest BCUT2D eigenvalue weighted by Gasteiger charge is -2.40. The number of carbonyl (C=O) groups excluding carboxylic acids is 1. The van der Waals surface area contributed by atoms with Gasteiger partial charge in [-0.05, 0) is 50.9 Å². The van der Waals surface area contributed by atoms with E-state index in [9.17, 15) is 4.79 Å². The number of anilines is 2. The molecule has 30 heavy (non-hydrogen) atoms. The minimum atomic E-state index is -0.153. The molecule has 1 aromatic carbocycles. The summed E-state index contributed by atoms with van der Waals surface area (Å²) < 4.78 is 1.91. The normalized spacial score (nSPS) is 18.8. The number of hydrogen-bond acceptors (Lipinski definition) is 6. The topological polar surface area (TPSA) is 66.3 Å². The maximum Gasteiger partial charge on any atom is 0.274 e. The third-order valence-corrected chi connectivity index (χ3v) is 7.36. The number of carbonyl (C=O) groups is 1. The Morgan fingerprint density at radius 1 is 1.07 bits per heavy atom. The Bertz CT molecular complexity index is 1030. The highest BCUT2D eigenvalue weighted by molar-refractivity contribution is 7.19. The van der Waals surface area contributed by atoms with Crippen LogP contribution < -0.4 is 10.2 Å². The van der Waals surface area contributed by atoms with Gasteiger partial charge in [0.1, 0.15) is 5.69 Å². The number of nitrogens with zero attached hydrogens (tertiary/aromatic N) is 5. The van der Waals surface area contributed by atoms with Crippen LogP contribution in [0.1, 0.15) is 42.6 Å². The van der Waals surface area contributed by atoms with Crippen LogP contribution in [0.25, 0.3) is 10.9 Å². The van der Waals surface area contributed by atoms with E-state index in [1.807, 2.05) is 41.9 Å². The fourth-order valence-corrected chi connectivity index (χ4v) is 5.56. The summed E-state index contributed by atoms with van der Waals surface area (Å²) in [5.41, 5.74) is 1.66. The number of aryl methyl sites for hydroxylation is 1. The molecule has 0 atom stereocenters. The van der Waals surface area contributed by atoms with Crippen LogP contribution in [0.2, 0.25) is 0 Å². The van der Waals surface area contributed by atoms with E-state index >= 15 is 0 Å². The summed E-state index contributed by atoms with van der Waals surface area (Å²) in [6.07, 6.45) is 6.43. The molecule has 2 fully saturated rings. The first-order valence-corrected chi connectivity index (χ1v) is 11.7. The van der Waals surface area contributed by atoms with Crippen molar-refractivity contribution in [2.45, 2.75) is 38.1 Å². The molecule has 3 aromatic rings. The second-order valence-electron chi connectivity index (χ2n) is 8.31. The van der Waals surface area contributed by atoms with Gasteiger partial charge in [0.15, 0.2) is 0 Å². The molecule has 0 aliphatic carbocycles. The standard InChI is InChI=1S/C22H28N6OS/c1-26-18-8-4-3-7-16(18)15-19(26)20(29)23-21-24-25-22(30-21)28-13-9-17(10-14-28)27-11-5-2-6-12-27/h3-4,7-8,15,17H,2,5-6,9-14H2,1H3,(H,23,24,29). The number of para-hydroxylation sites is 1. The highest BCUT2D eigenvalue weighted by atomic mass is 32.1. The monoisotopic (exact) mass is 424 g/mol. The summed E-state index contributed by atoms with van der Waals surface area (Å²) in [7, 11) is 1.91. The SMILES string of the molecule is Cn1c(C(=O)Nc2nnc(N3CCC(N4CCCCC4)CC3)s2)cc2ccccc21. The van der Waals surface area contributed by atoms with Crippen LogP contribution >= 0.6 is 11.3 Å². The molecule has 8 heteroatoms. The maximum atomic E-state index is 12.8. The molecule has 158 valence electrons. The fraction of sp³-hybridized carbons (Fsp3) is 0.500. The molecule has 2 aliphatic rings. The van der Waals surface area contributed by atoms with Gasteiger partial charge in [-0.3, -0.25) is 10.1 Å². The van der Waals surface area contributed by atoms with Crippen LogP contribution in [0.15, 0.2) is 30.3 Å². The van der Waals surface area contributed by atoms with Gasteiger partial charge in [0.05, 0.1) is 0 Å². The number of hydrogen-bond donors (Lipinski definition) is 1. The van der Waals surface area contributed by atoms with Gasteiger partial charge in [-0.2, -0.15) is 0 Å². The van der Waals surface area contributed by atoms with Gasteiger partial charge in [-0.25, -0.2) is 0 Å². The van der Waals surface area contributed by atoms with Crippen molar-refractivity contribution in [1.29, 1.82) is 0 Å². The lowest BCUT2D eigenvalue weighted by Crippen LogP contribution is -2.46. The van der Waals surface area contributed by atoms with E-state index in [4.69, 9.17) is 0 Å². The van der Waals surface area contributed by atoms with Crippen molar-refractivity contribution < 1.29 is 4.79 Å². The number of fused-ring (bicyclic) bond motifs is 1. The van der Waals surface area contributed by atoms with E-state index in [2.05, 4.69) is 25.3 Å². The van der Waals surface area contributed by atoms with Crippen molar-refractivity contribution in [3.63, 3.8) is 0 Å². The van der Waals surface area contributed by atoms with Crippen molar-refractivity contribution >= 4 is 38.4 Å². The molecular formula is C22H28N6OS. The van der Waals surface area contributed by atoms with Gasteiger partial charge in [0, 0.05) is 37.1 Å². The van der Waals surface area contributed by atoms with Gasteiger partial charge < -0.3 is 14.4 Å². The molecule has 2 saturated heterocycles. The zero-order valence-electron chi connectivity index (χ0n) is 17.4. The Balaban J connectivity index is 1.21. The first-order chi connectivity index (χ1) is 14.7. The Labute approximate surface area is 180 Å². The maximum absolute atomic E-state index is 12.8. The van der Waals surface area contributed by atoms with E-state index in [1.165, 1.54) is 56.5 Å². The minimum absolute atomic E-state index is 0.153. The molecule has 7 nitrogen and oxygen atoms in total. The van der Waals surface area contributed by atoms with E-state index in [0.717, 1.165) is 29.1 Å². The van der Waals surface area contributed by atoms with Crippen LogP contribution in [0, 0.1) is 0 Å². The van der Waals surface area contributed by atoms with E-state index in [-0.39, 0.29) is 5.91 Å². The Morgan fingerprint density at radius 3 is 2.60 bits per heavy atom. The summed E-state index contributed by atoms with van der Waals surface area (Å²) in [5.74, 6) is -0.153. The van der Waals surface area contributed by atoms with Crippen molar-refractivity contribution in [1.82, 2.24) is 19.7 Å². The molecule has 0 bridgehead atoms. The summed E-state index contributed by atoms with van der Waals surface area (Å²) in [5, 5.41) is 14.0. The highest BCUT2D eigenvalue weighted by Gasteiger charge is 2.27. The average molecular weight is 425 g/mol. The van der Waals surface area contributed by atoms with Gasteiger partial charge in [0.25, 0.3) is 5.91 Å². The molecule has 2 aliphatic heterocycles. The number of piperidine rings is 2. The van der Waals surface area contributed by atoms with Crippen LogP contribution in [0.4, 0.5) is 10.3 Å². The summed E-state index contributed by atoms with van der Waals surface area (Å²) in [6.45, 7) is 4.53. The first kappa shape index (κ1) is 19.5. The van der Waals surface area contributed by atoms with Gasteiger partial charge in [0.2, 0.25) is 10.3 Å². The molecule has 1 N–H and O–H groups in total. The molecule has 0 spiro atoms. The Morgan fingerprint density at radius 2 is 1.83 bits per heavy atom. The number of amides is 1. The lowest BCUT2D eigenvalue weighted by atomic mass is 10.0. The van der Waals surface area contributed by atoms with Gasteiger partial charge in [-0.1, -0.05) is 36.0 Å².